The van der Waals surface area contributed by atoms with E-state index in [2.05, 4.69) is 0 Å². The standard InChI is InChI=1S/C9H19NO5S2/c1-16(12,13)8-17(14,15)10-6-4-2-3-5-9(10)7-11/h9,11H,2-8H2,1H3. The fourth-order valence-electron chi connectivity index (χ4n) is 2.04. The molecule has 102 valence electrons. The van der Waals surface area contributed by atoms with Crippen molar-refractivity contribution in [1.82, 2.24) is 4.31 Å². The van der Waals surface area contributed by atoms with Crippen LogP contribution in [-0.4, -0.2) is 56.8 Å². The van der Waals surface area contributed by atoms with E-state index >= 15 is 0 Å². The first-order valence-electron chi connectivity index (χ1n) is 5.54. The summed E-state index contributed by atoms with van der Waals surface area (Å²) in [5.74, 6) is 0. The van der Waals surface area contributed by atoms with Gasteiger partial charge in [0, 0.05) is 18.8 Å². The zero-order valence-electron chi connectivity index (χ0n) is 9.87. The Morgan fingerprint density at radius 2 is 1.82 bits per heavy atom. The first-order chi connectivity index (χ1) is 7.76. The molecule has 1 aliphatic rings. The predicted octanol–water partition coefficient (Wildman–Crippen LogP) is -0.445. The smallest absolute Gasteiger partial charge is 0.228 e. The van der Waals surface area contributed by atoms with Gasteiger partial charge in [0.25, 0.3) is 0 Å². The molecule has 6 nitrogen and oxygen atoms in total. The van der Waals surface area contributed by atoms with Gasteiger partial charge in [-0.05, 0) is 12.8 Å². The molecule has 0 aromatic heterocycles. The second-order valence-corrected chi connectivity index (χ2v) is 8.88. The monoisotopic (exact) mass is 285 g/mol. The van der Waals surface area contributed by atoms with E-state index in [9.17, 15) is 21.9 Å². The third-order valence-corrected chi connectivity index (χ3v) is 6.85. The number of hydrogen-bond acceptors (Lipinski definition) is 5. The summed E-state index contributed by atoms with van der Waals surface area (Å²) in [6.07, 6.45) is 3.95. The average Bonchev–Trinajstić information content (AvgIpc) is 2.38. The maximum atomic E-state index is 12.0. The van der Waals surface area contributed by atoms with Crippen molar-refractivity contribution < 1.29 is 21.9 Å². The molecule has 1 N–H and O–H groups in total. The number of sulfonamides is 1. The second kappa shape index (κ2) is 5.64. The van der Waals surface area contributed by atoms with Crippen LogP contribution in [0.3, 0.4) is 0 Å². The van der Waals surface area contributed by atoms with Crippen molar-refractivity contribution in [3.05, 3.63) is 0 Å². The maximum Gasteiger partial charge on any atom is 0.228 e. The van der Waals surface area contributed by atoms with Crippen molar-refractivity contribution in [2.75, 3.05) is 24.5 Å². The Hall–Kier alpha value is -0.180. The average molecular weight is 285 g/mol. The molecule has 0 amide bonds. The van der Waals surface area contributed by atoms with Crippen LogP contribution in [0.4, 0.5) is 0 Å². The molecule has 1 heterocycles. The summed E-state index contributed by atoms with van der Waals surface area (Å²) in [7, 11) is -7.43. The van der Waals surface area contributed by atoms with E-state index < -0.39 is 31.0 Å². The molecular weight excluding hydrogens is 266 g/mol. The van der Waals surface area contributed by atoms with Gasteiger partial charge in [-0.15, -0.1) is 0 Å². The van der Waals surface area contributed by atoms with Gasteiger partial charge >= 0.3 is 0 Å². The highest BCUT2D eigenvalue weighted by Crippen LogP contribution is 2.20. The van der Waals surface area contributed by atoms with Crippen LogP contribution in [0.5, 0.6) is 0 Å². The van der Waals surface area contributed by atoms with E-state index in [1.54, 1.807) is 0 Å². The summed E-state index contributed by atoms with van der Waals surface area (Å²) in [5, 5.41) is 8.31. The summed E-state index contributed by atoms with van der Waals surface area (Å²) in [6.45, 7) is 0.0338. The molecule has 0 aromatic rings. The van der Waals surface area contributed by atoms with E-state index in [-0.39, 0.29) is 6.61 Å². The van der Waals surface area contributed by atoms with Crippen LogP contribution in [0.25, 0.3) is 0 Å². The van der Waals surface area contributed by atoms with Gasteiger partial charge in [0.15, 0.2) is 14.9 Å². The Kier molecular flexibility index (Phi) is 4.94. The summed E-state index contributed by atoms with van der Waals surface area (Å²) in [6, 6.07) is -0.482. The molecule has 0 spiro atoms. The Morgan fingerprint density at radius 3 is 2.35 bits per heavy atom. The molecule has 0 aliphatic carbocycles. The van der Waals surface area contributed by atoms with Crippen molar-refractivity contribution in [1.29, 1.82) is 0 Å². The number of hydrogen-bond donors (Lipinski definition) is 1. The Labute approximate surface area is 103 Å². The molecule has 17 heavy (non-hydrogen) atoms. The topological polar surface area (TPSA) is 91.8 Å². The third kappa shape index (κ3) is 4.53. The third-order valence-electron chi connectivity index (χ3n) is 2.75. The maximum absolute atomic E-state index is 12.0. The Morgan fingerprint density at radius 1 is 1.18 bits per heavy atom. The normalized spacial score (nSPS) is 24.5. The van der Waals surface area contributed by atoms with E-state index in [1.807, 2.05) is 0 Å². The molecule has 1 aliphatic heterocycles. The molecule has 8 heteroatoms. The van der Waals surface area contributed by atoms with Crippen molar-refractivity contribution in [2.24, 2.45) is 0 Å². The molecule has 0 radical (unpaired) electrons. The highest BCUT2D eigenvalue weighted by atomic mass is 32.3. The number of sulfone groups is 1. The minimum Gasteiger partial charge on any atom is -0.395 e. The Bertz CT molecular complexity index is 442. The largest absolute Gasteiger partial charge is 0.395 e. The fraction of sp³-hybridized carbons (Fsp3) is 1.00. The quantitative estimate of drug-likeness (QED) is 0.755. The van der Waals surface area contributed by atoms with Gasteiger partial charge < -0.3 is 5.11 Å². The number of aliphatic hydroxyl groups is 1. The van der Waals surface area contributed by atoms with Crippen molar-refractivity contribution >= 4 is 19.9 Å². The molecule has 0 aromatic carbocycles. The molecule has 1 fully saturated rings. The van der Waals surface area contributed by atoms with E-state index in [0.717, 1.165) is 23.4 Å². The Balaban J connectivity index is 2.93. The van der Waals surface area contributed by atoms with Crippen molar-refractivity contribution in [2.45, 2.75) is 31.7 Å². The lowest BCUT2D eigenvalue weighted by Crippen LogP contribution is -2.44. The lowest BCUT2D eigenvalue weighted by molar-refractivity contribution is 0.187. The van der Waals surface area contributed by atoms with Gasteiger partial charge in [-0.2, -0.15) is 4.31 Å². The lowest BCUT2D eigenvalue weighted by atomic mass is 10.1. The van der Waals surface area contributed by atoms with E-state index in [4.69, 9.17) is 0 Å². The molecule has 0 saturated carbocycles. The van der Waals surface area contributed by atoms with Crippen LogP contribution < -0.4 is 0 Å². The van der Waals surface area contributed by atoms with E-state index in [0.29, 0.717) is 19.4 Å². The number of nitrogens with zero attached hydrogens (tertiary/aromatic N) is 1. The van der Waals surface area contributed by atoms with Crippen LogP contribution in [0.1, 0.15) is 25.7 Å². The molecule has 0 bridgehead atoms. The van der Waals surface area contributed by atoms with Crippen LogP contribution in [0.2, 0.25) is 0 Å². The fourth-order valence-corrected chi connectivity index (χ4v) is 5.78. The number of aliphatic hydroxyl groups excluding tert-OH is 1. The molecular formula is C9H19NO5S2. The summed E-state index contributed by atoms with van der Waals surface area (Å²) in [5.41, 5.74) is 0. The van der Waals surface area contributed by atoms with Gasteiger partial charge in [-0.3, -0.25) is 0 Å². The highest BCUT2D eigenvalue weighted by Gasteiger charge is 2.32. The van der Waals surface area contributed by atoms with Crippen LogP contribution in [0.15, 0.2) is 0 Å². The molecule has 1 unspecified atom stereocenters. The van der Waals surface area contributed by atoms with E-state index in [1.165, 1.54) is 0 Å². The van der Waals surface area contributed by atoms with Gasteiger partial charge in [0.2, 0.25) is 10.0 Å². The van der Waals surface area contributed by atoms with Crippen LogP contribution in [0, 0.1) is 0 Å². The first-order valence-corrected chi connectivity index (χ1v) is 9.21. The lowest BCUT2D eigenvalue weighted by Gasteiger charge is -2.27. The van der Waals surface area contributed by atoms with Gasteiger partial charge in [0.05, 0.1) is 6.61 Å². The molecule has 1 rings (SSSR count). The van der Waals surface area contributed by atoms with Gasteiger partial charge in [0.1, 0.15) is 0 Å². The summed E-state index contributed by atoms with van der Waals surface area (Å²) >= 11 is 0. The second-order valence-electron chi connectivity index (χ2n) is 4.45. The zero-order valence-corrected chi connectivity index (χ0v) is 11.5. The van der Waals surface area contributed by atoms with Crippen molar-refractivity contribution in [3.8, 4) is 0 Å². The van der Waals surface area contributed by atoms with Gasteiger partial charge in [-0.25, -0.2) is 16.8 Å². The van der Waals surface area contributed by atoms with Gasteiger partial charge in [-0.1, -0.05) is 12.8 Å². The summed E-state index contributed by atoms with van der Waals surface area (Å²) in [4.78, 5) is 0. The zero-order chi connectivity index (χ0) is 13.1. The SMILES string of the molecule is CS(=O)(=O)CS(=O)(=O)N1CCCCCC1CO. The minimum absolute atomic E-state index is 0.261. The highest BCUT2D eigenvalue weighted by molar-refractivity contribution is 8.06. The summed E-state index contributed by atoms with van der Waals surface area (Å²) < 4.78 is 47.3. The molecule has 1 atom stereocenters. The van der Waals surface area contributed by atoms with Crippen LogP contribution >= 0.6 is 0 Å². The minimum atomic E-state index is -3.84. The predicted molar refractivity (Wildman–Crippen MR) is 64.7 cm³/mol. The number of rotatable bonds is 4. The van der Waals surface area contributed by atoms with Crippen molar-refractivity contribution in [3.63, 3.8) is 0 Å². The molecule has 1 saturated heterocycles. The first kappa shape index (κ1) is 14.9. The van der Waals surface area contributed by atoms with Crippen LogP contribution in [-0.2, 0) is 19.9 Å².